The molecule has 15 heavy (non-hydrogen) atoms. The van der Waals surface area contributed by atoms with Crippen LogP contribution in [0.5, 0.6) is 0 Å². The Morgan fingerprint density at radius 3 is 2.33 bits per heavy atom. The van der Waals surface area contributed by atoms with E-state index in [0.29, 0.717) is 5.92 Å². The number of anilines is 1. The van der Waals surface area contributed by atoms with E-state index in [-0.39, 0.29) is 0 Å². The van der Waals surface area contributed by atoms with Gasteiger partial charge in [-0.25, -0.2) is 0 Å². The summed E-state index contributed by atoms with van der Waals surface area (Å²) in [4.78, 5) is 0. The summed E-state index contributed by atoms with van der Waals surface area (Å²) in [5.74, 6) is 0.603. The molecule has 0 bridgehead atoms. The van der Waals surface area contributed by atoms with E-state index >= 15 is 0 Å². The third-order valence-corrected chi connectivity index (χ3v) is 2.43. The Labute approximate surface area is 93.2 Å². The third-order valence-electron chi connectivity index (χ3n) is 2.43. The highest BCUT2D eigenvalue weighted by molar-refractivity contribution is 5.49. The molecule has 0 saturated heterocycles. The van der Waals surface area contributed by atoms with E-state index in [1.165, 1.54) is 16.9 Å². The van der Waals surface area contributed by atoms with Crippen molar-refractivity contribution in [2.45, 2.75) is 40.0 Å². The fraction of sp³-hybridized carbons (Fsp3) is 0.429. The van der Waals surface area contributed by atoms with Crippen molar-refractivity contribution >= 4 is 5.69 Å². The smallest absolute Gasteiger partial charge is 0.0381 e. The molecule has 0 atom stereocenters. The van der Waals surface area contributed by atoms with Crippen LogP contribution in [0.1, 0.15) is 45.6 Å². The minimum absolute atomic E-state index is 0.603. The molecule has 1 heteroatoms. The van der Waals surface area contributed by atoms with Crippen molar-refractivity contribution < 1.29 is 0 Å². The van der Waals surface area contributed by atoms with E-state index in [1.807, 2.05) is 0 Å². The SMILES string of the molecule is CCC=C(C)Nc1ccc(C(C)C)cc1. The molecular formula is C14H21N. The second-order valence-electron chi connectivity index (χ2n) is 4.20. The fourth-order valence-electron chi connectivity index (χ4n) is 1.54. The number of hydrogen-bond donors (Lipinski definition) is 1. The molecule has 1 aromatic carbocycles. The maximum absolute atomic E-state index is 3.37. The first-order valence-electron chi connectivity index (χ1n) is 5.67. The summed E-state index contributed by atoms with van der Waals surface area (Å²) >= 11 is 0. The maximum Gasteiger partial charge on any atom is 0.0381 e. The molecule has 1 rings (SSSR count). The van der Waals surface area contributed by atoms with Gasteiger partial charge < -0.3 is 5.32 Å². The summed E-state index contributed by atoms with van der Waals surface area (Å²) in [5, 5.41) is 3.37. The summed E-state index contributed by atoms with van der Waals surface area (Å²) in [7, 11) is 0. The van der Waals surface area contributed by atoms with Crippen molar-refractivity contribution in [2.24, 2.45) is 0 Å². The van der Waals surface area contributed by atoms with Crippen LogP contribution in [-0.2, 0) is 0 Å². The van der Waals surface area contributed by atoms with E-state index in [2.05, 4.69) is 63.4 Å². The van der Waals surface area contributed by atoms with Crippen molar-refractivity contribution in [1.82, 2.24) is 0 Å². The Bertz CT molecular complexity index is 320. The van der Waals surface area contributed by atoms with Gasteiger partial charge in [-0.15, -0.1) is 0 Å². The van der Waals surface area contributed by atoms with Gasteiger partial charge >= 0.3 is 0 Å². The van der Waals surface area contributed by atoms with Crippen molar-refractivity contribution in [2.75, 3.05) is 5.32 Å². The number of hydrogen-bond acceptors (Lipinski definition) is 1. The second kappa shape index (κ2) is 5.59. The standard InChI is InChI=1S/C14H21N/c1-5-6-12(4)15-14-9-7-13(8-10-14)11(2)3/h6-11,15H,5H2,1-4H3. The lowest BCUT2D eigenvalue weighted by Crippen LogP contribution is -1.95. The first-order chi connectivity index (χ1) is 7.13. The molecular weight excluding hydrogens is 182 g/mol. The molecule has 0 amide bonds. The summed E-state index contributed by atoms with van der Waals surface area (Å²) in [5.41, 5.74) is 3.77. The van der Waals surface area contributed by atoms with Crippen molar-refractivity contribution in [3.05, 3.63) is 41.6 Å². The van der Waals surface area contributed by atoms with Gasteiger partial charge in [0.15, 0.2) is 0 Å². The van der Waals surface area contributed by atoms with E-state index in [4.69, 9.17) is 0 Å². The molecule has 0 unspecified atom stereocenters. The van der Waals surface area contributed by atoms with Crippen LogP contribution in [0.25, 0.3) is 0 Å². The predicted molar refractivity (Wildman–Crippen MR) is 68.2 cm³/mol. The van der Waals surface area contributed by atoms with E-state index in [9.17, 15) is 0 Å². The predicted octanol–water partition coefficient (Wildman–Crippen LogP) is 4.54. The molecule has 0 aliphatic carbocycles. The summed E-state index contributed by atoms with van der Waals surface area (Å²) in [6, 6.07) is 8.66. The van der Waals surface area contributed by atoms with Crippen LogP contribution in [-0.4, -0.2) is 0 Å². The lowest BCUT2D eigenvalue weighted by atomic mass is 10.0. The molecule has 1 nitrogen and oxygen atoms in total. The van der Waals surface area contributed by atoms with Crippen molar-refractivity contribution in [1.29, 1.82) is 0 Å². The van der Waals surface area contributed by atoms with Crippen LogP contribution >= 0.6 is 0 Å². The summed E-state index contributed by atoms with van der Waals surface area (Å²) < 4.78 is 0. The van der Waals surface area contributed by atoms with Crippen molar-refractivity contribution in [3.8, 4) is 0 Å². The first-order valence-corrected chi connectivity index (χ1v) is 5.67. The molecule has 0 aliphatic heterocycles. The number of allylic oxidation sites excluding steroid dienone is 2. The molecule has 0 saturated carbocycles. The normalized spacial score (nSPS) is 11.9. The van der Waals surface area contributed by atoms with Crippen LogP contribution in [0, 0.1) is 0 Å². The van der Waals surface area contributed by atoms with Gasteiger partial charge in [0.1, 0.15) is 0 Å². The van der Waals surface area contributed by atoms with Gasteiger partial charge in [0.05, 0.1) is 0 Å². The Kier molecular flexibility index (Phi) is 4.41. The molecule has 1 aromatic rings. The Hall–Kier alpha value is -1.24. The lowest BCUT2D eigenvalue weighted by Gasteiger charge is -2.09. The van der Waals surface area contributed by atoms with E-state index in [0.717, 1.165) is 6.42 Å². The quantitative estimate of drug-likeness (QED) is 0.757. The molecule has 0 aromatic heterocycles. The molecule has 0 fully saturated rings. The zero-order valence-electron chi connectivity index (χ0n) is 10.2. The number of nitrogens with one attached hydrogen (secondary N) is 1. The van der Waals surface area contributed by atoms with Gasteiger partial charge in [-0.3, -0.25) is 0 Å². The van der Waals surface area contributed by atoms with Crippen LogP contribution in [0.2, 0.25) is 0 Å². The Balaban J connectivity index is 2.68. The van der Waals surface area contributed by atoms with Crippen LogP contribution in [0.15, 0.2) is 36.0 Å². The highest BCUT2D eigenvalue weighted by Gasteiger charge is 1.98. The number of benzene rings is 1. The van der Waals surface area contributed by atoms with Gasteiger partial charge in [0.25, 0.3) is 0 Å². The molecule has 0 spiro atoms. The van der Waals surface area contributed by atoms with Gasteiger partial charge in [0.2, 0.25) is 0 Å². The van der Waals surface area contributed by atoms with Crippen LogP contribution < -0.4 is 5.32 Å². The van der Waals surface area contributed by atoms with Gasteiger partial charge in [0, 0.05) is 11.4 Å². The minimum Gasteiger partial charge on any atom is -0.359 e. The lowest BCUT2D eigenvalue weighted by molar-refractivity contribution is 0.867. The highest BCUT2D eigenvalue weighted by Crippen LogP contribution is 2.18. The first kappa shape index (κ1) is 11.8. The van der Waals surface area contributed by atoms with Crippen LogP contribution in [0.3, 0.4) is 0 Å². The fourth-order valence-corrected chi connectivity index (χ4v) is 1.54. The minimum atomic E-state index is 0.603. The van der Waals surface area contributed by atoms with Gasteiger partial charge in [-0.1, -0.05) is 39.0 Å². The zero-order valence-corrected chi connectivity index (χ0v) is 10.2. The highest BCUT2D eigenvalue weighted by atomic mass is 14.9. The van der Waals surface area contributed by atoms with Gasteiger partial charge in [-0.2, -0.15) is 0 Å². The number of rotatable bonds is 4. The topological polar surface area (TPSA) is 12.0 Å². The molecule has 0 heterocycles. The van der Waals surface area contributed by atoms with Gasteiger partial charge in [-0.05, 0) is 37.0 Å². The third kappa shape index (κ3) is 3.78. The average Bonchev–Trinajstić information content (AvgIpc) is 2.18. The monoisotopic (exact) mass is 203 g/mol. The largest absolute Gasteiger partial charge is 0.359 e. The maximum atomic E-state index is 3.37. The zero-order chi connectivity index (χ0) is 11.3. The average molecular weight is 203 g/mol. The summed E-state index contributed by atoms with van der Waals surface area (Å²) in [6.45, 7) is 8.67. The Morgan fingerprint density at radius 1 is 1.27 bits per heavy atom. The molecule has 0 aliphatic rings. The van der Waals surface area contributed by atoms with E-state index in [1.54, 1.807) is 0 Å². The molecule has 0 radical (unpaired) electrons. The van der Waals surface area contributed by atoms with Crippen LogP contribution in [0.4, 0.5) is 5.69 Å². The Morgan fingerprint density at radius 2 is 1.87 bits per heavy atom. The molecule has 82 valence electrons. The van der Waals surface area contributed by atoms with Crippen molar-refractivity contribution in [3.63, 3.8) is 0 Å². The van der Waals surface area contributed by atoms with E-state index < -0.39 is 0 Å². The molecule has 1 N–H and O–H groups in total. The summed E-state index contributed by atoms with van der Waals surface area (Å²) in [6.07, 6.45) is 3.26. The second-order valence-corrected chi connectivity index (χ2v) is 4.20.